The number of nitrogens with zero attached hydrogens (tertiary/aromatic N) is 2. The van der Waals surface area contributed by atoms with E-state index in [-0.39, 0.29) is 11.6 Å². The third kappa shape index (κ3) is 4.83. The van der Waals surface area contributed by atoms with E-state index in [0.29, 0.717) is 5.69 Å². The molecule has 3 N–H and O–H groups in total. The van der Waals surface area contributed by atoms with Crippen LogP contribution in [0.2, 0.25) is 0 Å². The fourth-order valence-electron chi connectivity index (χ4n) is 4.06. The van der Waals surface area contributed by atoms with Crippen LogP contribution >= 0.6 is 0 Å². The molecule has 1 aliphatic heterocycles. The fourth-order valence-corrected chi connectivity index (χ4v) is 4.06. The molecule has 0 atom stereocenters. The Bertz CT molecular complexity index is 1190. The standard InChI is InChI=1S/C24H26N4O3/c1-17-6-5-9-20(14-17)28-23(30)21(22(29)26-24(28)31)15-25-19-10-12-27(13-11-19)16-18-7-3-2-4-8-18/h2-9,14-15,19,30H,10-13,16H2,1H3,(H,26,29,31)/p+1. The van der Waals surface area contributed by atoms with E-state index < -0.39 is 17.1 Å². The highest BCUT2D eigenvalue weighted by Gasteiger charge is 2.22. The lowest BCUT2D eigenvalue weighted by Crippen LogP contribution is -3.12. The molecule has 31 heavy (non-hydrogen) atoms. The Kier molecular flexibility index (Phi) is 6.13. The smallest absolute Gasteiger partial charge is 0.335 e. The van der Waals surface area contributed by atoms with E-state index in [1.54, 1.807) is 18.2 Å². The lowest BCUT2D eigenvalue weighted by molar-refractivity contribution is -0.918. The second-order valence-electron chi connectivity index (χ2n) is 8.09. The SMILES string of the molecule is Cc1cccc(-n2c(O)c(C=NC3CC[NH+](Cc4ccccc4)CC3)c(=O)[nH]c2=O)c1. The molecule has 0 amide bonds. The molecule has 0 spiro atoms. The Balaban J connectivity index is 1.49. The summed E-state index contributed by atoms with van der Waals surface area (Å²) in [6.07, 6.45) is 3.23. The Morgan fingerprint density at radius 1 is 1.13 bits per heavy atom. The summed E-state index contributed by atoms with van der Waals surface area (Å²) in [5, 5.41) is 10.7. The number of hydrogen-bond acceptors (Lipinski definition) is 4. The largest absolute Gasteiger partial charge is 0.493 e. The van der Waals surface area contributed by atoms with Gasteiger partial charge in [0.25, 0.3) is 5.56 Å². The summed E-state index contributed by atoms with van der Waals surface area (Å²) in [6, 6.07) is 17.7. The minimum absolute atomic E-state index is 0.000156. The molecular weight excluding hydrogens is 392 g/mol. The third-order valence-corrected chi connectivity index (χ3v) is 5.75. The third-order valence-electron chi connectivity index (χ3n) is 5.75. The van der Waals surface area contributed by atoms with E-state index in [1.807, 2.05) is 19.1 Å². The maximum Gasteiger partial charge on any atom is 0.335 e. The number of piperidine rings is 1. The molecule has 2 heterocycles. The van der Waals surface area contributed by atoms with Gasteiger partial charge in [0.1, 0.15) is 12.1 Å². The molecule has 0 unspecified atom stereocenters. The zero-order valence-electron chi connectivity index (χ0n) is 17.5. The molecule has 1 saturated heterocycles. The summed E-state index contributed by atoms with van der Waals surface area (Å²) < 4.78 is 1.10. The number of benzene rings is 2. The lowest BCUT2D eigenvalue weighted by atomic mass is 10.0. The van der Waals surface area contributed by atoms with Gasteiger partial charge in [-0.25, -0.2) is 9.36 Å². The number of aromatic hydroxyl groups is 1. The first-order valence-electron chi connectivity index (χ1n) is 10.6. The van der Waals surface area contributed by atoms with Gasteiger partial charge in [-0.05, 0) is 24.6 Å². The van der Waals surface area contributed by atoms with Gasteiger partial charge in [0.05, 0.1) is 24.8 Å². The van der Waals surface area contributed by atoms with E-state index in [4.69, 9.17) is 0 Å². The first-order chi connectivity index (χ1) is 15.0. The van der Waals surface area contributed by atoms with Gasteiger partial charge in [-0.3, -0.25) is 14.8 Å². The van der Waals surface area contributed by atoms with Crippen LogP contribution in [0.1, 0.15) is 29.5 Å². The molecule has 3 aromatic rings. The van der Waals surface area contributed by atoms with Crippen LogP contribution in [0.3, 0.4) is 0 Å². The van der Waals surface area contributed by atoms with Gasteiger partial charge in [0.15, 0.2) is 0 Å². The molecule has 0 radical (unpaired) electrons. The monoisotopic (exact) mass is 419 g/mol. The van der Waals surface area contributed by atoms with Crippen molar-refractivity contribution in [1.82, 2.24) is 9.55 Å². The second-order valence-corrected chi connectivity index (χ2v) is 8.09. The summed E-state index contributed by atoms with van der Waals surface area (Å²) >= 11 is 0. The number of rotatable bonds is 5. The molecule has 1 aliphatic rings. The fraction of sp³-hybridized carbons (Fsp3) is 0.292. The van der Waals surface area contributed by atoms with Crippen molar-refractivity contribution < 1.29 is 10.0 Å². The van der Waals surface area contributed by atoms with Gasteiger partial charge in [0, 0.05) is 24.6 Å². The predicted molar refractivity (Wildman–Crippen MR) is 121 cm³/mol. The number of aryl methyl sites for hydroxylation is 1. The normalized spacial score (nSPS) is 19.0. The van der Waals surface area contributed by atoms with Gasteiger partial charge in [-0.1, -0.05) is 42.5 Å². The summed E-state index contributed by atoms with van der Waals surface area (Å²) in [4.78, 5) is 33.0. The van der Waals surface area contributed by atoms with Crippen LogP contribution in [-0.4, -0.2) is 40.0 Å². The van der Waals surface area contributed by atoms with Crippen molar-refractivity contribution in [2.45, 2.75) is 32.4 Å². The summed E-state index contributed by atoms with van der Waals surface area (Å²) in [5.74, 6) is -0.393. The van der Waals surface area contributed by atoms with E-state index in [0.717, 1.165) is 42.6 Å². The van der Waals surface area contributed by atoms with E-state index in [1.165, 1.54) is 16.7 Å². The maximum absolute atomic E-state index is 12.3. The number of aliphatic imine (C=N–C) groups is 1. The van der Waals surface area contributed by atoms with Crippen molar-refractivity contribution >= 4 is 6.21 Å². The molecule has 0 bridgehead atoms. The minimum atomic E-state index is -0.678. The van der Waals surface area contributed by atoms with Crippen molar-refractivity contribution in [3.05, 3.63) is 92.1 Å². The summed E-state index contributed by atoms with van der Waals surface area (Å²) in [5.41, 5.74) is 1.45. The Morgan fingerprint density at radius 2 is 1.87 bits per heavy atom. The highest BCUT2D eigenvalue weighted by Crippen LogP contribution is 2.17. The zero-order valence-corrected chi connectivity index (χ0v) is 17.5. The van der Waals surface area contributed by atoms with Crippen molar-refractivity contribution in [3.8, 4) is 11.6 Å². The van der Waals surface area contributed by atoms with E-state index in [2.05, 4.69) is 34.2 Å². The quantitative estimate of drug-likeness (QED) is 0.543. The molecule has 1 fully saturated rings. The van der Waals surface area contributed by atoms with Gasteiger partial charge in [-0.2, -0.15) is 0 Å². The molecule has 160 valence electrons. The van der Waals surface area contributed by atoms with Gasteiger partial charge in [0.2, 0.25) is 5.88 Å². The average molecular weight is 420 g/mol. The Morgan fingerprint density at radius 3 is 2.58 bits per heavy atom. The number of aromatic nitrogens is 2. The van der Waals surface area contributed by atoms with Crippen molar-refractivity contribution in [3.63, 3.8) is 0 Å². The molecule has 0 saturated carbocycles. The van der Waals surface area contributed by atoms with Gasteiger partial charge < -0.3 is 10.0 Å². The predicted octanol–water partition coefficient (Wildman–Crippen LogP) is 1.21. The van der Waals surface area contributed by atoms with Crippen molar-refractivity contribution in [2.24, 2.45) is 4.99 Å². The van der Waals surface area contributed by atoms with Gasteiger partial charge >= 0.3 is 5.69 Å². The highest BCUT2D eigenvalue weighted by atomic mass is 16.3. The topological polar surface area (TPSA) is 91.9 Å². The van der Waals surface area contributed by atoms with Crippen LogP contribution in [0.4, 0.5) is 0 Å². The minimum Gasteiger partial charge on any atom is -0.493 e. The molecule has 4 rings (SSSR count). The number of H-pyrrole nitrogens is 1. The molecule has 7 heteroatoms. The van der Waals surface area contributed by atoms with Crippen LogP contribution in [0.5, 0.6) is 5.88 Å². The molecule has 2 aromatic carbocycles. The number of nitrogens with one attached hydrogen (secondary N) is 2. The first-order valence-corrected chi connectivity index (χ1v) is 10.6. The van der Waals surface area contributed by atoms with Crippen molar-refractivity contribution in [1.29, 1.82) is 0 Å². The number of likely N-dealkylation sites (tertiary alicyclic amines) is 1. The van der Waals surface area contributed by atoms with Crippen LogP contribution in [0.15, 0.2) is 69.2 Å². The number of aromatic amines is 1. The Hall–Kier alpha value is -3.45. The highest BCUT2D eigenvalue weighted by molar-refractivity contribution is 5.82. The lowest BCUT2D eigenvalue weighted by Gasteiger charge is -2.27. The number of hydrogen-bond donors (Lipinski definition) is 3. The molecule has 1 aromatic heterocycles. The van der Waals surface area contributed by atoms with Crippen LogP contribution in [-0.2, 0) is 6.54 Å². The average Bonchev–Trinajstić information content (AvgIpc) is 2.75. The number of quaternary nitrogens is 1. The van der Waals surface area contributed by atoms with Crippen LogP contribution in [0, 0.1) is 6.92 Å². The van der Waals surface area contributed by atoms with Gasteiger partial charge in [-0.15, -0.1) is 0 Å². The molecule has 7 nitrogen and oxygen atoms in total. The molecule has 0 aliphatic carbocycles. The first kappa shape index (κ1) is 20.8. The zero-order chi connectivity index (χ0) is 21.8. The summed E-state index contributed by atoms with van der Waals surface area (Å²) in [7, 11) is 0. The van der Waals surface area contributed by atoms with E-state index in [9.17, 15) is 14.7 Å². The van der Waals surface area contributed by atoms with Crippen molar-refractivity contribution in [2.75, 3.05) is 13.1 Å². The summed E-state index contributed by atoms with van der Waals surface area (Å²) in [6.45, 7) is 4.90. The molecular formula is C24H27N4O3+. The van der Waals surface area contributed by atoms with E-state index >= 15 is 0 Å². The maximum atomic E-state index is 12.3. The van der Waals surface area contributed by atoms with Crippen LogP contribution < -0.4 is 16.1 Å². The Labute approximate surface area is 180 Å². The second kappa shape index (κ2) is 9.14. The van der Waals surface area contributed by atoms with Crippen LogP contribution in [0.25, 0.3) is 5.69 Å².